The normalized spacial score (nSPS) is 41.7. The maximum Gasteiger partial charge on any atom is 0.239 e. The summed E-state index contributed by atoms with van der Waals surface area (Å²) in [5, 5.41) is 0. The van der Waals surface area contributed by atoms with Gasteiger partial charge in [-0.05, 0) is 99.7 Å². The number of rotatable bonds is 5. The molecule has 6 unspecified atom stereocenters. The molecule has 6 rings (SSSR count). The van der Waals surface area contributed by atoms with Crippen LogP contribution in [0.3, 0.4) is 0 Å². The molecule has 0 bridgehead atoms. The van der Waals surface area contributed by atoms with Crippen molar-refractivity contribution < 1.29 is 9.59 Å². The van der Waals surface area contributed by atoms with E-state index in [-0.39, 0.29) is 17.9 Å². The standard InChI is InChI=1S/C32H53N3O2/c33-31(36)27-15-14-26-18-30(32(37)34-17-16-24-8-4-5-9-28(24)21-34)35(29(26)19-27)20-22-10-12-25(13-11-22)23-6-2-1-3-7-23/h22-30H,1-21H2,(H2,33,36). The number of carbonyl (C=O) groups excluding carboxylic acids is 2. The zero-order valence-electron chi connectivity index (χ0n) is 23.3. The third-order valence-corrected chi connectivity index (χ3v) is 12.3. The van der Waals surface area contributed by atoms with Crippen molar-refractivity contribution in [1.82, 2.24) is 9.80 Å². The smallest absolute Gasteiger partial charge is 0.239 e. The van der Waals surface area contributed by atoms with Crippen LogP contribution >= 0.6 is 0 Å². The van der Waals surface area contributed by atoms with Crippen molar-refractivity contribution in [3.05, 3.63) is 0 Å². The van der Waals surface area contributed by atoms with Crippen molar-refractivity contribution in [2.24, 2.45) is 47.2 Å². The molecule has 2 heterocycles. The van der Waals surface area contributed by atoms with Gasteiger partial charge in [0, 0.05) is 31.6 Å². The highest BCUT2D eigenvalue weighted by Crippen LogP contribution is 2.46. The van der Waals surface area contributed by atoms with Crippen LogP contribution in [-0.2, 0) is 9.59 Å². The molecule has 2 saturated heterocycles. The van der Waals surface area contributed by atoms with E-state index >= 15 is 0 Å². The molecular formula is C32H53N3O2. The van der Waals surface area contributed by atoms with Crippen LogP contribution in [0.4, 0.5) is 0 Å². The van der Waals surface area contributed by atoms with Gasteiger partial charge in [-0.15, -0.1) is 0 Å². The van der Waals surface area contributed by atoms with Crippen molar-refractivity contribution in [2.75, 3.05) is 19.6 Å². The molecule has 4 aliphatic carbocycles. The first-order chi connectivity index (χ1) is 18.1. The van der Waals surface area contributed by atoms with Crippen LogP contribution in [-0.4, -0.2) is 53.3 Å². The van der Waals surface area contributed by atoms with E-state index < -0.39 is 0 Å². The summed E-state index contributed by atoms with van der Waals surface area (Å²) in [7, 11) is 0. The Morgan fingerprint density at radius 3 is 2.00 bits per heavy atom. The van der Waals surface area contributed by atoms with Gasteiger partial charge in [0.1, 0.15) is 0 Å². The molecule has 4 saturated carbocycles. The van der Waals surface area contributed by atoms with E-state index in [2.05, 4.69) is 9.80 Å². The number of carbonyl (C=O) groups is 2. The second-order valence-corrected chi connectivity index (χ2v) is 14.2. The average Bonchev–Trinajstić information content (AvgIpc) is 3.30. The lowest BCUT2D eigenvalue weighted by molar-refractivity contribution is -0.140. The minimum absolute atomic E-state index is 0.00220. The topological polar surface area (TPSA) is 66.6 Å². The molecule has 0 radical (unpaired) electrons. The highest BCUT2D eigenvalue weighted by Gasteiger charge is 2.50. The summed E-state index contributed by atoms with van der Waals surface area (Å²) >= 11 is 0. The van der Waals surface area contributed by atoms with Gasteiger partial charge in [-0.3, -0.25) is 14.5 Å². The van der Waals surface area contributed by atoms with Gasteiger partial charge in [-0.25, -0.2) is 0 Å². The quantitative estimate of drug-likeness (QED) is 0.511. The zero-order chi connectivity index (χ0) is 25.4. The maximum absolute atomic E-state index is 14.1. The number of hydrogen-bond donors (Lipinski definition) is 1. The number of hydrogen-bond acceptors (Lipinski definition) is 3. The van der Waals surface area contributed by atoms with Crippen LogP contribution in [0.25, 0.3) is 0 Å². The molecule has 5 heteroatoms. The Kier molecular flexibility index (Phi) is 8.17. The molecule has 0 aromatic rings. The van der Waals surface area contributed by atoms with E-state index in [0.29, 0.717) is 23.8 Å². The summed E-state index contributed by atoms with van der Waals surface area (Å²) < 4.78 is 0. The fourth-order valence-electron chi connectivity index (χ4n) is 10.1. The minimum Gasteiger partial charge on any atom is -0.369 e. The van der Waals surface area contributed by atoms with E-state index in [4.69, 9.17) is 5.73 Å². The Bertz CT molecular complexity index is 802. The maximum atomic E-state index is 14.1. The predicted molar refractivity (Wildman–Crippen MR) is 148 cm³/mol. The second kappa shape index (κ2) is 11.6. The summed E-state index contributed by atoms with van der Waals surface area (Å²) in [6.45, 7) is 3.04. The Balaban J connectivity index is 1.13. The number of nitrogens with two attached hydrogens (primary N) is 1. The second-order valence-electron chi connectivity index (χ2n) is 14.2. The lowest BCUT2D eigenvalue weighted by atomic mass is 9.71. The minimum atomic E-state index is -0.125. The fraction of sp³-hybridized carbons (Fsp3) is 0.938. The van der Waals surface area contributed by atoms with Gasteiger partial charge in [0.25, 0.3) is 0 Å². The average molecular weight is 512 g/mol. The van der Waals surface area contributed by atoms with E-state index in [1.807, 2.05) is 0 Å². The molecule has 2 N–H and O–H groups in total. The van der Waals surface area contributed by atoms with Gasteiger partial charge in [-0.2, -0.15) is 0 Å². The van der Waals surface area contributed by atoms with E-state index in [0.717, 1.165) is 69.0 Å². The third-order valence-electron chi connectivity index (χ3n) is 12.3. The first-order valence-corrected chi connectivity index (χ1v) is 16.4. The number of amides is 2. The first kappa shape index (κ1) is 26.1. The van der Waals surface area contributed by atoms with Crippen LogP contribution in [0, 0.1) is 41.4 Å². The summed E-state index contributed by atoms with van der Waals surface area (Å²) in [5.41, 5.74) is 5.81. The summed E-state index contributed by atoms with van der Waals surface area (Å²) in [6, 6.07) is 0.418. The van der Waals surface area contributed by atoms with E-state index in [1.165, 1.54) is 89.9 Å². The number of likely N-dealkylation sites (tertiary alicyclic amines) is 2. The number of piperidine rings is 1. The zero-order valence-corrected chi connectivity index (χ0v) is 23.3. The number of primary amides is 1. The molecule has 2 amide bonds. The van der Waals surface area contributed by atoms with Gasteiger partial charge in [0.2, 0.25) is 11.8 Å². The Morgan fingerprint density at radius 2 is 1.27 bits per heavy atom. The molecule has 0 aromatic heterocycles. The molecule has 0 aromatic carbocycles. The van der Waals surface area contributed by atoms with Crippen molar-refractivity contribution >= 4 is 11.8 Å². The Labute approximate surface area is 225 Å². The van der Waals surface area contributed by atoms with Crippen LogP contribution in [0.1, 0.15) is 116 Å². The molecule has 6 fully saturated rings. The molecule has 6 atom stereocenters. The number of nitrogens with zero attached hydrogens (tertiary/aromatic N) is 2. The van der Waals surface area contributed by atoms with Crippen LogP contribution in [0.15, 0.2) is 0 Å². The molecular weight excluding hydrogens is 458 g/mol. The summed E-state index contributed by atoms with van der Waals surface area (Å²) in [6.07, 6.45) is 23.3. The van der Waals surface area contributed by atoms with Crippen molar-refractivity contribution in [3.8, 4) is 0 Å². The molecule has 0 spiro atoms. The Morgan fingerprint density at radius 1 is 0.649 bits per heavy atom. The highest BCUT2D eigenvalue weighted by atomic mass is 16.2. The lowest BCUT2D eigenvalue weighted by Crippen LogP contribution is -2.53. The molecule has 5 nitrogen and oxygen atoms in total. The fourth-order valence-corrected chi connectivity index (χ4v) is 10.1. The molecule has 37 heavy (non-hydrogen) atoms. The molecule has 6 aliphatic rings. The van der Waals surface area contributed by atoms with Crippen molar-refractivity contribution in [2.45, 2.75) is 128 Å². The van der Waals surface area contributed by atoms with Crippen LogP contribution < -0.4 is 5.73 Å². The third kappa shape index (κ3) is 5.63. The molecule has 2 aliphatic heterocycles. The van der Waals surface area contributed by atoms with E-state index in [9.17, 15) is 9.59 Å². The Hall–Kier alpha value is -1.10. The SMILES string of the molecule is NC(=O)C1CCC2CC(C(=O)N3CCC4CCCCC4C3)N(CC3CCC(C4CCCCC4)CC3)C2C1. The number of fused-ring (bicyclic) bond motifs is 2. The molecule has 208 valence electrons. The monoisotopic (exact) mass is 511 g/mol. The summed E-state index contributed by atoms with van der Waals surface area (Å²) in [5.74, 6) is 5.10. The van der Waals surface area contributed by atoms with E-state index in [1.54, 1.807) is 0 Å². The van der Waals surface area contributed by atoms with Gasteiger partial charge >= 0.3 is 0 Å². The van der Waals surface area contributed by atoms with Gasteiger partial charge in [0.05, 0.1) is 6.04 Å². The van der Waals surface area contributed by atoms with Crippen molar-refractivity contribution in [3.63, 3.8) is 0 Å². The van der Waals surface area contributed by atoms with Gasteiger partial charge in [-0.1, -0.05) is 51.4 Å². The lowest BCUT2D eigenvalue weighted by Gasteiger charge is -2.44. The van der Waals surface area contributed by atoms with Crippen molar-refractivity contribution in [1.29, 1.82) is 0 Å². The van der Waals surface area contributed by atoms with Crippen LogP contribution in [0.5, 0.6) is 0 Å². The highest BCUT2D eigenvalue weighted by molar-refractivity contribution is 5.82. The first-order valence-electron chi connectivity index (χ1n) is 16.4. The predicted octanol–water partition coefficient (Wildman–Crippen LogP) is 5.76. The summed E-state index contributed by atoms with van der Waals surface area (Å²) in [4.78, 5) is 31.2. The van der Waals surface area contributed by atoms with Gasteiger partial charge < -0.3 is 10.6 Å². The van der Waals surface area contributed by atoms with Gasteiger partial charge in [0.15, 0.2) is 0 Å². The van der Waals surface area contributed by atoms with Crippen LogP contribution in [0.2, 0.25) is 0 Å². The largest absolute Gasteiger partial charge is 0.369 e.